The molecule has 1 amide bonds. The van der Waals surface area contributed by atoms with E-state index in [1.54, 1.807) is 30.6 Å². The first-order valence-corrected chi connectivity index (χ1v) is 11.1. The molecule has 0 saturated carbocycles. The molecule has 1 aliphatic rings. The van der Waals surface area contributed by atoms with Crippen LogP contribution in [0.4, 0.5) is 16.0 Å². The topological polar surface area (TPSA) is 67.8 Å². The van der Waals surface area contributed by atoms with E-state index in [0.717, 1.165) is 30.9 Å². The lowest BCUT2D eigenvalue weighted by Crippen LogP contribution is -2.42. The predicted octanol–water partition coefficient (Wildman–Crippen LogP) is 4.23. The first-order chi connectivity index (χ1) is 16.2. The second-order valence-electron chi connectivity index (χ2n) is 7.77. The SMILES string of the molecule is CCOc1ccccc1OC1CCCN(c2ncc(N(C=O)Cc3ccccc3F)cn2)C1. The van der Waals surface area contributed by atoms with Gasteiger partial charge in [-0.15, -0.1) is 0 Å². The van der Waals surface area contributed by atoms with E-state index in [1.807, 2.05) is 31.2 Å². The Bertz CT molecular complexity index is 1060. The van der Waals surface area contributed by atoms with Gasteiger partial charge in [0.05, 0.1) is 37.8 Å². The van der Waals surface area contributed by atoms with Crippen molar-refractivity contribution in [3.8, 4) is 11.5 Å². The summed E-state index contributed by atoms with van der Waals surface area (Å²) in [5.74, 6) is 1.69. The molecule has 0 aliphatic carbocycles. The van der Waals surface area contributed by atoms with Crippen molar-refractivity contribution in [2.24, 2.45) is 0 Å². The first kappa shape index (κ1) is 22.5. The van der Waals surface area contributed by atoms with Crippen LogP contribution in [0.15, 0.2) is 60.9 Å². The van der Waals surface area contributed by atoms with Crippen LogP contribution in [-0.2, 0) is 11.3 Å². The lowest BCUT2D eigenvalue weighted by atomic mass is 10.1. The van der Waals surface area contributed by atoms with E-state index >= 15 is 0 Å². The molecule has 4 rings (SSSR count). The van der Waals surface area contributed by atoms with Gasteiger partial charge in [0.2, 0.25) is 12.4 Å². The summed E-state index contributed by atoms with van der Waals surface area (Å²) < 4.78 is 25.9. The minimum absolute atomic E-state index is 0.0174. The lowest BCUT2D eigenvalue weighted by molar-refractivity contribution is -0.107. The van der Waals surface area contributed by atoms with Crippen molar-refractivity contribution in [3.05, 3.63) is 72.3 Å². The Kier molecular flexibility index (Phi) is 7.34. The van der Waals surface area contributed by atoms with Crippen LogP contribution < -0.4 is 19.3 Å². The van der Waals surface area contributed by atoms with Gasteiger partial charge in [-0.05, 0) is 38.0 Å². The van der Waals surface area contributed by atoms with E-state index in [9.17, 15) is 9.18 Å². The van der Waals surface area contributed by atoms with Gasteiger partial charge in [0.1, 0.15) is 11.9 Å². The molecule has 7 nitrogen and oxygen atoms in total. The number of piperidine rings is 1. The Labute approximate surface area is 192 Å². The Morgan fingerprint density at radius 1 is 1.12 bits per heavy atom. The number of benzene rings is 2. The number of rotatable bonds is 9. The Balaban J connectivity index is 1.42. The number of carbonyl (C=O) groups is 1. The minimum atomic E-state index is -0.354. The van der Waals surface area contributed by atoms with Crippen molar-refractivity contribution in [3.63, 3.8) is 0 Å². The molecule has 33 heavy (non-hydrogen) atoms. The van der Waals surface area contributed by atoms with Gasteiger partial charge in [-0.3, -0.25) is 4.79 Å². The average molecular weight is 451 g/mol. The molecule has 8 heteroatoms. The molecule has 2 aromatic carbocycles. The third-order valence-electron chi connectivity index (χ3n) is 5.49. The highest BCUT2D eigenvalue weighted by atomic mass is 19.1. The minimum Gasteiger partial charge on any atom is -0.490 e. The first-order valence-electron chi connectivity index (χ1n) is 11.1. The van der Waals surface area contributed by atoms with Crippen molar-refractivity contribution < 1.29 is 18.7 Å². The van der Waals surface area contributed by atoms with E-state index in [4.69, 9.17) is 9.47 Å². The van der Waals surface area contributed by atoms with Gasteiger partial charge >= 0.3 is 0 Å². The second kappa shape index (κ2) is 10.8. The molecule has 0 bridgehead atoms. The van der Waals surface area contributed by atoms with Gasteiger partial charge < -0.3 is 19.3 Å². The molecule has 3 aromatic rings. The van der Waals surface area contributed by atoms with Crippen molar-refractivity contribution >= 4 is 18.0 Å². The summed E-state index contributed by atoms with van der Waals surface area (Å²) in [7, 11) is 0. The highest BCUT2D eigenvalue weighted by Crippen LogP contribution is 2.29. The van der Waals surface area contributed by atoms with E-state index < -0.39 is 0 Å². The van der Waals surface area contributed by atoms with Crippen molar-refractivity contribution in [1.29, 1.82) is 0 Å². The molecule has 2 heterocycles. The number of nitrogens with zero attached hydrogens (tertiary/aromatic N) is 4. The molecule has 1 unspecified atom stereocenters. The van der Waals surface area contributed by atoms with Crippen LogP contribution in [0.1, 0.15) is 25.3 Å². The molecule has 0 radical (unpaired) electrons. The zero-order valence-electron chi connectivity index (χ0n) is 18.6. The third-order valence-corrected chi connectivity index (χ3v) is 5.49. The third kappa shape index (κ3) is 5.58. The fourth-order valence-corrected chi connectivity index (χ4v) is 3.84. The molecular weight excluding hydrogens is 423 g/mol. The van der Waals surface area contributed by atoms with E-state index in [1.165, 1.54) is 11.0 Å². The molecule has 0 N–H and O–H groups in total. The monoisotopic (exact) mass is 450 g/mol. The number of para-hydroxylation sites is 2. The van der Waals surface area contributed by atoms with E-state index in [0.29, 0.717) is 36.8 Å². The number of ether oxygens (including phenoxy) is 2. The standard InChI is InChI=1S/C25H27FN4O3/c1-2-32-23-11-5-6-12-24(23)33-21-9-7-13-29(17-21)25-27-14-20(15-28-25)30(18-31)16-19-8-3-4-10-22(19)26/h3-6,8,10-12,14-15,18,21H,2,7,9,13,16-17H2,1H3. The van der Waals surface area contributed by atoms with Gasteiger partial charge in [0, 0.05) is 12.1 Å². The summed E-state index contributed by atoms with van der Waals surface area (Å²) in [5, 5.41) is 0. The molecule has 1 fully saturated rings. The van der Waals surface area contributed by atoms with Crippen molar-refractivity contribution in [1.82, 2.24) is 9.97 Å². The summed E-state index contributed by atoms with van der Waals surface area (Å²) in [6.45, 7) is 4.09. The molecule has 172 valence electrons. The van der Waals surface area contributed by atoms with Gasteiger partial charge in [-0.1, -0.05) is 30.3 Å². The van der Waals surface area contributed by atoms with Gasteiger partial charge in [0.15, 0.2) is 11.5 Å². The van der Waals surface area contributed by atoms with Crippen LogP contribution in [0.3, 0.4) is 0 Å². The van der Waals surface area contributed by atoms with Crippen molar-refractivity contribution in [2.75, 3.05) is 29.5 Å². The fraction of sp³-hybridized carbons (Fsp3) is 0.320. The summed E-state index contributed by atoms with van der Waals surface area (Å²) in [6.07, 6.45) is 5.69. The zero-order chi connectivity index (χ0) is 23.0. The average Bonchev–Trinajstić information content (AvgIpc) is 2.85. The fourth-order valence-electron chi connectivity index (χ4n) is 3.84. The zero-order valence-corrected chi connectivity index (χ0v) is 18.6. The molecular formula is C25H27FN4O3. The highest BCUT2D eigenvalue weighted by molar-refractivity contribution is 5.74. The number of hydrogen-bond donors (Lipinski definition) is 0. The number of aromatic nitrogens is 2. The maximum absolute atomic E-state index is 14.0. The van der Waals surface area contributed by atoms with Crippen LogP contribution in [-0.4, -0.2) is 42.2 Å². The normalized spacial score (nSPS) is 15.7. The van der Waals surface area contributed by atoms with Crippen LogP contribution in [0.25, 0.3) is 0 Å². The Morgan fingerprint density at radius 2 is 1.85 bits per heavy atom. The molecule has 1 atom stereocenters. The maximum Gasteiger partial charge on any atom is 0.225 e. The van der Waals surface area contributed by atoms with Crippen LogP contribution >= 0.6 is 0 Å². The lowest BCUT2D eigenvalue weighted by Gasteiger charge is -2.33. The number of hydrogen-bond acceptors (Lipinski definition) is 6. The summed E-state index contributed by atoms with van der Waals surface area (Å²) >= 11 is 0. The number of amides is 1. The highest BCUT2D eigenvalue weighted by Gasteiger charge is 2.24. The second-order valence-corrected chi connectivity index (χ2v) is 7.77. The van der Waals surface area contributed by atoms with Gasteiger partial charge in [0.25, 0.3) is 0 Å². The van der Waals surface area contributed by atoms with Crippen LogP contribution in [0, 0.1) is 5.82 Å². The molecule has 0 spiro atoms. The number of halogens is 1. The Hall–Kier alpha value is -3.68. The largest absolute Gasteiger partial charge is 0.490 e. The Morgan fingerprint density at radius 3 is 2.58 bits per heavy atom. The summed E-state index contributed by atoms with van der Waals surface area (Å²) in [5.41, 5.74) is 0.935. The quantitative estimate of drug-likeness (QED) is 0.455. The molecule has 1 aliphatic heterocycles. The predicted molar refractivity (Wildman–Crippen MR) is 124 cm³/mol. The van der Waals surface area contributed by atoms with E-state index in [-0.39, 0.29) is 18.5 Å². The van der Waals surface area contributed by atoms with E-state index in [2.05, 4.69) is 14.9 Å². The van der Waals surface area contributed by atoms with Crippen LogP contribution in [0.2, 0.25) is 0 Å². The number of carbonyl (C=O) groups excluding carboxylic acids is 1. The number of anilines is 2. The van der Waals surface area contributed by atoms with Gasteiger partial charge in [-0.25, -0.2) is 14.4 Å². The summed E-state index contributed by atoms with van der Waals surface area (Å²) in [6, 6.07) is 14.1. The maximum atomic E-state index is 14.0. The van der Waals surface area contributed by atoms with Crippen molar-refractivity contribution in [2.45, 2.75) is 32.4 Å². The summed E-state index contributed by atoms with van der Waals surface area (Å²) in [4.78, 5) is 24.0. The molecule has 1 saturated heterocycles. The smallest absolute Gasteiger partial charge is 0.225 e. The molecule has 1 aromatic heterocycles. The van der Waals surface area contributed by atoms with Gasteiger partial charge in [-0.2, -0.15) is 0 Å². The van der Waals surface area contributed by atoms with Crippen LogP contribution in [0.5, 0.6) is 11.5 Å².